The third-order valence-corrected chi connectivity index (χ3v) is 5.67. The lowest BCUT2D eigenvalue weighted by molar-refractivity contribution is -0.122. The van der Waals surface area contributed by atoms with Crippen molar-refractivity contribution < 1.29 is 18.7 Å². The Balaban J connectivity index is 1.51. The molecule has 0 unspecified atom stereocenters. The summed E-state index contributed by atoms with van der Waals surface area (Å²) in [5.41, 5.74) is 3.16. The number of rotatable bonds is 4. The number of halogens is 1. The molecule has 2 aromatic heterocycles. The number of hydrogen-bond acceptors (Lipinski definition) is 5. The van der Waals surface area contributed by atoms with Gasteiger partial charge in [0.2, 0.25) is 11.8 Å². The first-order valence-corrected chi connectivity index (χ1v) is 10.5. The van der Waals surface area contributed by atoms with E-state index in [0.29, 0.717) is 50.1 Å². The molecular weight excluding hydrogens is 399 g/mol. The summed E-state index contributed by atoms with van der Waals surface area (Å²) >= 11 is 0. The number of nitrogens with one attached hydrogen (secondary N) is 1. The largest absolute Gasteiger partial charge is 0.477 e. The van der Waals surface area contributed by atoms with Crippen LogP contribution in [0.2, 0.25) is 0 Å². The van der Waals surface area contributed by atoms with E-state index in [2.05, 4.69) is 10.3 Å². The van der Waals surface area contributed by atoms with Crippen molar-refractivity contribution >= 4 is 11.7 Å². The van der Waals surface area contributed by atoms with Crippen LogP contribution in [0, 0.1) is 11.7 Å². The predicted molar refractivity (Wildman–Crippen MR) is 113 cm³/mol. The first-order valence-electron chi connectivity index (χ1n) is 10.5. The van der Waals surface area contributed by atoms with Crippen LogP contribution in [0.5, 0.6) is 5.88 Å². The summed E-state index contributed by atoms with van der Waals surface area (Å²) < 4.78 is 26.6. The van der Waals surface area contributed by atoms with Gasteiger partial charge in [0.15, 0.2) is 0 Å². The van der Waals surface area contributed by atoms with E-state index >= 15 is 0 Å². The maximum atomic E-state index is 13.5. The maximum Gasteiger partial charge on any atom is 0.228 e. The Morgan fingerprint density at radius 3 is 2.71 bits per heavy atom. The number of amides is 1. The van der Waals surface area contributed by atoms with Gasteiger partial charge in [0.1, 0.15) is 17.3 Å². The highest BCUT2D eigenvalue weighted by molar-refractivity contribution is 5.93. The lowest BCUT2D eigenvalue weighted by Gasteiger charge is -2.21. The average molecular weight is 422 g/mol. The first-order chi connectivity index (χ1) is 15.2. The fraction of sp³-hybridized carbons (Fsp3) is 0.348. The molecule has 0 saturated carbocycles. The van der Waals surface area contributed by atoms with E-state index in [1.165, 1.54) is 12.1 Å². The molecule has 0 spiro atoms. The third-order valence-electron chi connectivity index (χ3n) is 5.67. The molecule has 5 rings (SSSR count). The SMILES string of the molecule is O=C(Nc1cc(-c2c(-c3ccc(F)cc3)nn3c2OCCC3)ccn1)C1CCOCC1. The van der Waals surface area contributed by atoms with Gasteiger partial charge in [0.25, 0.3) is 0 Å². The Kier molecular flexibility index (Phi) is 5.38. The van der Waals surface area contributed by atoms with Crippen LogP contribution in [-0.2, 0) is 16.1 Å². The molecule has 160 valence electrons. The molecule has 0 radical (unpaired) electrons. The standard InChI is InChI=1S/C23H23FN4O3/c24-18-4-2-15(3-5-18)21-20(23-28(27-21)10-1-11-31-23)17-6-9-25-19(14-17)26-22(29)16-7-12-30-13-8-16/h2-6,9,14,16H,1,7-8,10-13H2,(H,25,26,29). The Morgan fingerprint density at radius 1 is 1.10 bits per heavy atom. The van der Waals surface area contributed by atoms with Gasteiger partial charge in [0, 0.05) is 43.9 Å². The minimum absolute atomic E-state index is 0.0417. The number of aryl methyl sites for hydroxylation is 1. The van der Waals surface area contributed by atoms with Gasteiger partial charge in [-0.15, -0.1) is 0 Å². The Labute approximate surface area is 179 Å². The van der Waals surface area contributed by atoms with Crippen LogP contribution in [0.25, 0.3) is 22.4 Å². The molecule has 2 aliphatic rings. The van der Waals surface area contributed by atoms with E-state index in [0.717, 1.165) is 29.7 Å². The highest BCUT2D eigenvalue weighted by Crippen LogP contribution is 2.41. The van der Waals surface area contributed by atoms with Crippen molar-refractivity contribution in [3.8, 4) is 28.3 Å². The van der Waals surface area contributed by atoms with Gasteiger partial charge < -0.3 is 14.8 Å². The van der Waals surface area contributed by atoms with E-state index in [-0.39, 0.29) is 17.6 Å². The van der Waals surface area contributed by atoms with Gasteiger partial charge in [0.05, 0.1) is 12.2 Å². The smallest absolute Gasteiger partial charge is 0.228 e. The molecule has 8 heteroatoms. The Bertz CT molecular complexity index is 1090. The van der Waals surface area contributed by atoms with Crippen molar-refractivity contribution in [2.24, 2.45) is 5.92 Å². The zero-order valence-corrected chi connectivity index (χ0v) is 17.0. The van der Waals surface area contributed by atoms with E-state index < -0.39 is 0 Å². The first kappa shape index (κ1) is 19.7. The summed E-state index contributed by atoms with van der Waals surface area (Å²) in [5.74, 6) is 0.752. The number of nitrogens with zero attached hydrogens (tertiary/aromatic N) is 3. The molecule has 1 amide bonds. The number of pyridine rings is 1. The molecule has 1 fully saturated rings. The summed E-state index contributed by atoms with van der Waals surface area (Å²) in [6, 6.07) is 9.96. The van der Waals surface area contributed by atoms with Crippen LogP contribution >= 0.6 is 0 Å². The molecule has 2 aliphatic heterocycles. The summed E-state index contributed by atoms with van der Waals surface area (Å²) in [6.07, 6.45) is 3.96. The van der Waals surface area contributed by atoms with Gasteiger partial charge in [-0.25, -0.2) is 14.1 Å². The molecule has 1 aromatic carbocycles. The molecule has 0 atom stereocenters. The minimum Gasteiger partial charge on any atom is -0.477 e. The fourth-order valence-electron chi connectivity index (χ4n) is 4.04. The van der Waals surface area contributed by atoms with Crippen LogP contribution in [0.3, 0.4) is 0 Å². The Morgan fingerprint density at radius 2 is 1.90 bits per heavy atom. The molecule has 1 saturated heterocycles. The second-order valence-electron chi connectivity index (χ2n) is 7.77. The average Bonchev–Trinajstić information content (AvgIpc) is 3.20. The van der Waals surface area contributed by atoms with Crippen molar-refractivity contribution in [2.45, 2.75) is 25.8 Å². The fourth-order valence-corrected chi connectivity index (χ4v) is 4.04. The maximum absolute atomic E-state index is 13.5. The molecule has 3 aromatic rings. The number of hydrogen-bond donors (Lipinski definition) is 1. The monoisotopic (exact) mass is 422 g/mol. The minimum atomic E-state index is -0.299. The number of anilines is 1. The van der Waals surface area contributed by atoms with Crippen LogP contribution in [0.4, 0.5) is 10.2 Å². The van der Waals surface area contributed by atoms with E-state index in [4.69, 9.17) is 14.6 Å². The van der Waals surface area contributed by atoms with E-state index in [9.17, 15) is 9.18 Å². The van der Waals surface area contributed by atoms with Crippen molar-refractivity contribution in [3.63, 3.8) is 0 Å². The quantitative estimate of drug-likeness (QED) is 0.690. The highest BCUT2D eigenvalue weighted by atomic mass is 19.1. The summed E-state index contributed by atoms with van der Waals surface area (Å²) in [6.45, 7) is 2.57. The number of benzene rings is 1. The van der Waals surface area contributed by atoms with Crippen LogP contribution < -0.4 is 10.1 Å². The molecule has 0 aliphatic carbocycles. The van der Waals surface area contributed by atoms with Gasteiger partial charge in [-0.05, 0) is 54.8 Å². The van der Waals surface area contributed by atoms with Gasteiger partial charge in [-0.3, -0.25) is 4.79 Å². The zero-order chi connectivity index (χ0) is 21.2. The summed E-state index contributed by atoms with van der Waals surface area (Å²) in [5, 5.41) is 7.68. The van der Waals surface area contributed by atoms with Crippen LogP contribution in [0.15, 0.2) is 42.6 Å². The lowest BCUT2D eigenvalue weighted by Crippen LogP contribution is -2.28. The normalized spacial score (nSPS) is 16.4. The second kappa shape index (κ2) is 8.47. The lowest BCUT2D eigenvalue weighted by atomic mass is 9.99. The molecule has 4 heterocycles. The topological polar surface area (TPSA) is 78.3 Å². The van der Waals surface area contributed by atoms with E-state index in [1.807, 2.05) is 16.8 Å². The van der Waals surface area contributed by atoms with Crippen LogP contribution in [-0.4, -0.2) is 40.5 Å². The zero-order valence-electron chi connectivity index (χ0n) is 17.0. The summed E-state index contributed by atoms with van der Waals surface area (Å²) in [7, 11) is 0. The summed E-state index contributed by atoms with van der Waals surface area (Å²) in [4.78, 5) is 17.0. The number of carbonyl (C=O) groups is 1. The molecule has 0 bridgehead atoms. The van der Waals surface area contributed by atoms with Crippen molar-refractivity contribution in [1.82, 2.24) is 14.8 Å². The molecule has 1 N–H and O–H groups in total. The molecular formula is C23H23FN4O3. The van der Waals surface area contributed by atoms with Crippen molar-refractivity contribution in [2.75, 3.05) is 25.1 Å². The predicted octanol–water partition coefficient (Wildman–Crippen LogP) is 3.90. The third kappa shape index (κ3) is 4.03. The number of fused-ring (bicyclic) bond motifs is 1. The second-order valence-corrected chi connectivity index (χ2v) is 7.77. The number of aromatic nitrogens is 3. The molecule has 7 nitrogen and oxygen atoms in total. The number of carbonyl (C=O) groups excluding carboxylic acids is 1. The Hall–Kier alpha value is -3.26. The van der Waals surface area contributed by atoms with Crippen LogP contribution in [0.1, 0.15) is 19.3 Å². The number of ether oxygens (including phenoxy) is 2. The van der Waals surface area contributed by atoms with Gasteiger partial charge in [-0.2, -0.15) is 5.10 Å². The van der Waals surface area contributed by atoms with Crippen molar-refractivity contribution in [1.29, 1.82) is 0 Å². The van der Waals surface area contributed by atoms with Gasteiger partial charge >= 0.3 is 0 Å². The van der Waals surface area contributed by atoms with Crippen molar-refractivity contribution in [3.05, 3.63) is 48.4 Å². The van der Waals surface area contributed by atoms with Gasteiger partial charge in [-0.1, -0.05) is 0 Å². The van der Waals surface area contributed by atoms with E-state index in [1.54, 1.807) is 18.3 Å². The highest BCUT2D eigenvalue weighted by Gasteiger charge is 2.26. The molecule has 31 heavy (non-hydrogen) atoms.